The van der Waals surface area contributed by atoms with E-state index in [4.69, 9.17) is 10.8 Å². The van der Waals surface area contributed by atoms with Gasteiger partial charge in [-0.25, -0.2) is 4.98 Å². The number of hydrogen-bond acceptors (Lipinski definition) is 3. The van der Waals surface area contributed by atoms with Crippen LogP contribution in [0.15, 0.2) is 12.5 Å². The van der Waals surface area contributed by atoms with E-state index in [0.717, 1.165) is 18.7 Å². The van der Waals surface area contributed by atoms with Gasteiger partial charge in [-0.1, -0.05) is 6.92 Å². The van der Waals surface area contributed by atoms with Crippen LogP contribution in [0.4, 0.5) is 0 Å². The van der Waals surface area contributed by atoms with Crippen molar-refractivity contribution in [2.75, 3.05) is 0 Å². The average Bonchev–Trinajstić information content (AvgIpc) is 2.61. The van der Waals surface area contributed by atoms with Gasteiger partial charge in [0.15, 0.2) is 0 Å². The molecule has 0 bridgehead atoms. The van der Waals surface area contributed by atoms with Crippen molar-refractivity contribution in [3.8, 4) is 0 Å². The molecule has 0 aliphatic rings. The highest BCUT2D eigenvalue weighted by Crippen LogP contribution is 2.29. The molecular formula is C12H21N3O2. The molecule has 0 fully saturated rings. The number of nitrogens with zero attached hydrogens (tertiary/aromatic N) is 2. The summed E-state index contributed by atoms with van der Waals surface area (Å²) in [5.74, 6) is -1.06. The number of aliphatic carboxylic acids is 1. The molecule has 0 aliphatic heterocycles. The van der Waals surface area contributed by atoms with Crippen LogP contribution in [0.5, 0.6) is 0 Å². The third kappa shape index (κ3) is 3.56. The van der Waals surface area contributed by atoms with E-state index >= 15 is 0 Å². The quantitative estimate of drug-likeness (QED) is 0.789. The molecule has 0 aromatic carbocycles. The first kappa shape index (κ1) is 13.7. The second-order valence-electron chi connectivity index (χ2n) is 4.98. The summed E-state index contributed by atoms with van der Waals surface area (Å²) in [6, 6.07) is 0. The molecule has 1 unspecified atom stereocenters. The van der Waals surface area contributed by atoms with Gasteiger partial charge < -0.3 is 15.4 Å². The van der Waals surface area contributed by atoms with E-state index < -0.39 is 11.5 Å². The number of aromatic nitrogens is 2. The van der Waals surface area contributed by atoms with Gasteiger partial charge in [0.2, 0.25) is 0 Å². The molecule has 0 saturated heterocycles. The van der Waals surface area contributed by atoms with Crippen LogP contribution in [0.25, 0.3) is 0 Å². The Bertz CT molecular complexity index is 379. The molecule has 96 valence electrons. The van der Waals surface area contributed by atoms with Crippen LogP contribution in [-0.2, 0) is 11.3 Å². The lowest BCUT2D eigenvalue weighted by atomic mass is 9.83. The summed E-state index contributed by atoms with van der Waals surface area (Å²) in [5.41, 5.74) is 6.40. The molecule has 0 saturated carbocycles. The zero-order valence-electron chi connectivity index (χ0n) is 10.7. The van der Waals surface area contributed by atoms with Gasteiger partial charge in [-0.3, -0.25) is 4.79 Å². The zero-order valence-corrected chi connectivity index (χ0v) is 10.7. The molecule has 1 heterocycles. The van der Waals surface area contributed by atoms with Crippen molar-refractivity contribution in [1.82, 2.24) is 9.55 Å². The summed E-state index contributed by atoms with van der Waals surface area (Å²) in [7, 11) is 0. The second kappa shape index (κ2) is 5.31. The molecule has 0 radical (unpaired) electrons. The Morgan fingerprint density at radius 2 is 2.29 bits per heavy atom. The highest BCUT2D eigenvalue weighted by atomic mass is 16.4. The van der Waals surface area contributed by atoms with E-state index in [0.29, 0.717) is 0 Å². The molecule has 1 rings (SSSR count). The number of carboxylic acid groups (broad SMARTS) is 1. The van der Waals surface area contributed by atoms with E-state index in [9.17, 15) is 4.79 Å². The maximum atomic E-state index is 10.9. The van der Waals surface area contributed by atoms with Crippen LogP contribution in [-0.4, -0.2) is 26.2 Å². The van der Waals surface area contributed by atoms with Crippen molar-refractivity contribution < 1.29 is 9.90 Å². The maximum Gasteiger partial charge on any atom is 0.304 e. The van der Waals surface area contributed by atoms with E-state index in [1.54, 1.807) is 12.5 Å². The normalized spacial score (nSPS) is 13.6. The minimum atomic E-state index is -0.835. The number of imidazole rings is 1. The standard InChI is InChI=1S/C12H21N3O2/c1-4-5-15-8-14-7-10(15)9(6-11(16)17)12(2,3)13/h7-9H,4-6,13H2,1-3H3,(H,16,17). The summed E-state index contributed by atoms with van der Waals surface area (Å²) in [6.07, 6.45) is 4.46. The number of hydrogen-bond donors (Lipinski definition) is 2. The van der Waals surface area contributed by atoms with Crippen LogP contribution in [0.1, 0.15) is 45.2 Å². The van der Waals surface area contributed by atoms with Crippen molar-refractivity contribution in [1.29, 1.82) is 0 Å². The fraction of sp³-hybridized carbons (Fsp3) is 0.667. The topological polar surface area (TPSA) is 81.1 Å². The second-order valence-corrected chi connectivity index (χ2v) is 4.98. The molecule has 3 N–H and O–H groups in total. The predicted octanol–water partition coefficient (Wildman–Crippen LogP) is 1.59. The molecule has 1 aromatic rings. The summed E-state index contributed by atoms with van der Waals surface area (Å²) in [5, 5.41) is 8.98. The van der Waals surface area contributed by atoms with Gasteiger partial charge >= 0.3 is 5.97 Å². The highest BCUT2D eigenvalue weighted by molar-refractivity contribution is 5.68. The fourth-order valence-corrected chi connectivity index (χ4v) is 1.97. The Kier molecular flexibility index (Phi) is 4.28. The monoisotopic (exact) mass is 239 g/mol. The fourth-order valence-electron chi connectivity index (χ4n) is 1.97. The van der Waals surface area contributed by atoms with Gasteiger partial charge in [0, 0.05) is 29.9 Å². The lowest BCUT2D eigenvalue weighted by molar-refractivity contribution is -0.137. The number of carboxylic acids is 1. The van der Waals surface area contributed by atoms with Gasteiger partial charge in [-0.15, -0.1) is 0 Å². The molecule has 1 aromatic heterocycles. The Morgan fingerprint density at radius 1 is 1.65 bits per heavy atom. The number of aryl methyl sites for hydroxylation is 1. The van der Waals surface area contributed by atoms with Crippen molar-refractivity contribution in [3.63, 3.8) is 0 Å². The van der Waals surface area contributed by atoms with E-state index in [1.807, 2.05) is 18.4 Å². The van der Waals surface area contributed by atoms with Crippen LogP contribution >= 0.6 is 0 Å². The van der Waals surface area contributed by atoms with E-state index in [-0.39, 0.29) is 12.3 Å². The van der Waals surface area contributed by atoms with Crippen LogP contribution in [0.3, 0.4) is 0 Å². The summed E-state index contributed by atoms with van der Waals surface area (Å²) in [4.78, 5) is 15.0. The van der Waals surface area contributed by atoms with Gasteiger partial charge in [0.1, 0.15) is 0 Å². The van der Waals surface area contributed by atoms with Gasteiger partial charge in [0.25, 0.3) is 0 Å². The molecule has 0 spiro atoms. The zero-order chi connectivity index (χ0) is 13.1. The Balaban J connectivity index is 3.04. The van der Waals surface area contributed by atoms with Crippen molar-refractivity contribution in [3.05, 3.63) is 18.2 Å². The van der Waals surface area contributed by atoms with Gasteiger partial charge in [-0.05, 0) is 20.3 Å². The largest absolute Gasteiger partial charge is 0.481 e. The summed E-state index contributed by atoms with van der Waals surface area (Å²) in [6.45, 7) is 6.61. The van der Waals surface area contributed by atoms with E-state index in [1.165, 1.54) is 0 Å². The number of nitrogens with two attached hydrogens (primary N) is 1. The van der Waals surface area contributed by atoms with Gasteiger partial charge in [0.05, 0.1) is 12.7 Å². The third-order valence-corrected chi connectivity index (χ3v) is 2.84. The lowest BCUT2D eigenvalue weighted by Gasteiger charge is -2.30. The summed E-state index contributed by atoms with van der Waals surface area (Å²) < 4.78 is 1.99. The first-order chi connectivity index (χ1) is 7.86. The van der Waals surface area contributed by atoms with Crippen LogP contribution in [0.2, 0.25) is 0 Å². The number of carbonyl (C=O) groups is 1. The van der Waals surface area contributed by atoms with Crippen LogP contribution in [0, 0.1) is 0 Å². The lowest BCUT2D eigenvalue weighted by Crippen LogP contribution is -2.41. The smallest absolute Gasteiger partial charge is 0.304 e. The van der Waals surface area contributed by atoms with E-state index in [2.05, 4.69) is 11.9 Å². The molecule has 5 heteroatoms. The van der Waals surface area contributed by atoms with Crippen molar-refractivity contribution in [2.45, 2.75) is 51.6 Å². The molecular weight excluding hydrogens is 218 g/mol. The SMILES string of the molecule is CCCn1cncc1C(CC(=O)O)C(C)(C)N. The van der Waals surface area contributed by atoms with Crippen LogP contribution < -0.4 is 5.73 Å². The predicted molar refractivity (Wildman–Crippen MR) is 65.8 cm³/mol. The first-order valence-corrected chi connectivity index (χ1v) is 5.87. The Morgan fingerprint density at radius 3 is 2.76 bits per heavy atom. The Hall–Kier alpha value is -1.36. The Labute approximate surface area is 102 Å². The molecule has 5 nitrogen and oxygen atoms in total. The molecule has 1 atom stereocenters. The minimum Gasteiger partial charge on any atom is -0.481 e. The molecule has 0 amide bonds. The minimum absolute atomic E-state index is 0.0267. The third-order valence-electron chi connectivity index (χ3n) is 2.84. The number of rotatable bonds is 6. The van der Waals surface area contributed by atoms with Crippen molar-refractivity contribution >= 4 is 5.97 Å². The first-order valence-electron chi connectivity index (χ1n) is 5.87. The van der Waals surface area contributed by atoms with Gasteiger partial charge in [-0.2, -0.15) is 0 Å². The molecule has 0 aliphatic carbocycles. The summed E-state index contributed by atoms with van der Waals surface area (Å²) >= 11 is 0. The van der Waals surface area contributed by atoms with Crippen molar-refractivity contribution in [2.24, 2.45) is 5.73 Å². The maximum absolute atomic E-state index is 10.9. The molecule has 17 heavy (non-hydrogen) atoms. The average molecular weight is 239 g/mol. The highest BCUT2D eigenvalue weighted by Gasteiger charge is 2.31.